The maximum Gasteiger partial charge on any atom is 0.131 e. The Hall–Kier alpha value is -1.85. The summed E-state index contributed by atoms with van der Waals surface area (Å²) in [4.78, 5) is 0. The fraction of sp³-hybridized carbons (Fsp3) is 0.250. The fourth-order valence-electron chi connectivity index (χ4n) is 2.05. The molecule has 21 heavy (non-hydrogen) atoms. The van der Waals surface area contributed by atoms with Crippen LogP contribution in [0.1, 0.15) is 17.2 Å². The molecule has 112 valence electrons. The lowest BCUT2D eigenvalue weighted by Gasteiger charge is -2.13. The third kappa shape index (κ3) is 4.58. The zero-order valence-electron chi connectivity index (χ0n) is 11.3. The molecular formula is C16H16F3NO. The number of hydrogen-bond acceptors (Lipinski definition) is 2. The Morgan fingerprint density at radius 3 is 2.48 bits per heavy atom. The normalized spacial score (nSPS) is 12.4. The Labute approximate surface area is 121 Å². The van der Waals surface area contributed by atoms with E-state index in [4.69, 9.17) is 0 Å². The molecule has 0 radical (unpaired) electrons. The van der Waals surface area contributed by atoms with Crippen LogP contribution >= 0.6 is 0 Å². The van der Waals surface area contributed by atoms with Crippen molar-refractivity contribution in [3.8, 4) is 0 Å². The van der Waals surface area contributed by atoms with Crippen molar-refractivity contribution in [1.29, 1.82) is 0 Å². The highest BCUT2D eigenvalue weighted by Gasteiger charge is 2.12. The number of halogens is 3. The molecule has 1 atom stereocenters. The second kappa shape index (κ2) is 7.24. The lowest BCUT2D eigenvalue weighted by Crippen LogP contribution is -2.24. The standard InChI is InChI=1S/C16H16F3NO/c17-12-3-1-2-11(8-12)6-7-20-10-16(21)14-5-4-13(18)9-15(14)19/h1-5,8-9,16,20-21H,6-7,10H2. The van der Waals surface area contributed by atoms with Gasteiger partial charge in [0.25, 0.3) is 0 Å². The van der Waals surface area contributed by atoms with Gasteiger partial charge in [0.15, 0.2) is 0 Å². The molecule has 0 heterocycles. The quantitative estimate of drug-likeness (QED) is 0.803. The Morgan fingerprint density at radius 2 is 1.76 bits per heavy atom. The Kier molecular flexibility index (Phi) is 5.36. The summed E-state index contributed by atoms with van der Waals surface area (Å²) in [6.45, 7) is 0.654. The second-order valence-electron chi connectivity index (χ2n) is 4.77. The number of hydrogen-bond donors (Lipinski definition) is 2. The van der Waals surface area contributed by atoms with Gasteiger partial charge >= 0.3 is 0 Å². The molecule has 0 aromatic heterocycles. The van der Waals surface area contributed by atoms with Gasteiger partial charge in [-0.1, -0.05) is 18.2 Å². The summed E-state index contributed by atoms with van der Waals surface area (Å²) < 4.78 is 39.2. The third-order valence-electron chi connectivity index (χ3n) is 3.14. The zero-order valence-corrected chi connectivity index (χ0v) is 11.3. The maximum atomic E-state index is 13.4. The summed E-state index contributed by atoms with van der Waals surface area (Å²) in [5.74, 6) is -1.74. The number of nitrogens with one attached hydrogen (secondary N) is 1. The highest BCUT2D eigenvalue weighted by molar-refractivity contribution is 5.21. The molecule has 2 nitrogen and oxygen atoms in total. The van der Waals surface area contributed by atoms with E-state index in [1.54, 1.807) is 12.1 Å². The molecule has 0 saturated heterocycles. The molecule has 0 aliphatic rings. The molecule has 0 saturated carbocycles. The summed E-state index contributed by atoms with van der Waals surface area (Å²) in [5.41, 5.74) is 0.889. The van der Waals surface area contributed by atoms with Gasteiger partial charge in [-0.25, -0.2) is 13.2 Å². The summed E-state index contributed by atoms with van der Waals surface area (Å²) in [5, 5.41) is 12.8. The Morgan fingerprint density at radius 1 is 1.00 bits per heavy atom. The fourth-order valence-corrected chi connectivity index (χ4v) is 2.05. The van der Waals surface area contributed by atoms with Crippen LogP contribution in [0.3, 0.4) is 0 Å². The van der Waals surface area contributed by atoms with Crippen LogP contribution in [-0.2, 0) is 6.42 Å². The van der Waals surface area contributed by atoms with Crippen LogP contribution in [0, 0.1) is 17.5 Å². The van der Waals surface area contributed by atoms with Gasteiger partial charge in [0.05, 0.1) is 6.10 Å². The summed E-state index contributed by atoms with van der Waals surface area (Å²) in [6.07, 6.45) is -0.464. The van der Waals surface area contributed by atoms with Crippen molar-refractivity contribution in [3.63, 3.8) is 0 Å². The molecule has 1 unspecified atom stereocenters. The van der Waals surface area contributed by atoms with E-state index in [2.05, 4.69) is 5.32 Å². The minimum absolute atomic E-state index is 0.0506. The van der Waals surface area contributed by atoms with Crippen molar-refractivity contribution in [2.24, 2.45) is 0 Å². The summed E-state index contributed by atoms with van der Waals surface area (Å²) in [7, 11) is 0. The first-order valence-electron chi connectivity index (χ1n) is 6.64. The SMILES string of the molecule is OC(CNCCc1cccc(F)c1)c1ccc(F)cc1F. The van der Waals surface area contributed by atoms with Crippen molar-refractivity contribution in [2.75, 3.05) is 13.1 Å². The average molecular weight is 295 g/mol. The molecule has 0 aliphatic heterocycles. The second-order valence-corrected chi connectivity index (χ2v) is 4.77. The van der Waals surface area contributed by atoms with Gasteiger partial charge in [-0.05, 0) is 36.7 Å². The van der Waals surface area contributed by atoms with E-state index in [9.17, 15) is 18.3 Å². The predicted molar refractivity (Wildman–Crippen MR) is 74.3 cm³/mol. The monoisotopic (exact) mass is 295 g/mol. The van der Waals surface area contributed by atoms with E-state index in [0.29, 0.717) is 13.0 Å². The summed E-state index contributed by atoms with van der Waals surface area (Å²) in [6, 6.07) is 9.33. The molecule has 0 spiro atoms. The molecule has 0 fully saturated rings. The highest BCUT2D eigenvalue weighted by Crippen LogP contribution is 2.17. The number of rotatable bonds is 6. The van der Waals surface area contributed by atoms with Crippen molar-refractivity contribution < 1.29 is 18.3 Å². The molecule has 2 aromatic rings. The molecule has 0 bridgehead atoms. The van der Waals surface area contributed by atoms with E-state index in [-0.39, 0.29) is 17.9 Å². The van der Waals surface area contributed by atoms with E-state index in [1.807, 2.05) is 0 Å². The summed E-state index contributed by atoms with van der Waals surface area (Å²) >= 11 is 0. The topological polar surface area (TPSA) is 32.3 Å². The van der Waals surface area contributed by atoms with Gasteiger partial charge in [-0.3, -0.25) is 0 Å². The van der Waals surface area contributed by atoms with Crippen LogP contribution in [0.25, 0.3) is 0 Å². The minimum Gasteiger partial charge on any atom is -0.387 e. The zero-order chi connectivity index (χ0) is 15.2. The smallest absolute Gasteiger partial charge is 0.131 e. The average Bonchev–Trinajstić information content (AvgIpc) is 2.43. The molecule has 0 aliphatic carbocycles. The van der Waals surface area contributed by atoms with Crippen LogP contribution in [-0.4, -0.2) is 18.2 Å². The molecule has 0 amide bonds. The van der Waals surface area contributed by atoms with E-state index in [1.165, 1.54) is 18.2 Å². The van der Waals surface area contributed by atoms with Gasteiger partial charge in [0.1, 0.15) is 17.5 Å². The Balaban J connectivity index is 1.80. The van der Waals surface area contributed by atoms with Crippen LogP contribution < -0.4 is 5.32 Å². The number of benzene rings is 2. The van der Waals surface area contributed by atoms with Gasteiger partial charge < -0.3 is 10.4 Å². The van der Waals surface area contributed by atoms with Crippen LogP contribution in [0.15, 0.2) is 42.5 Å². The number of aliphatic hydroxyl groups is 1. The van der Waals surface area contributed by atoms with Crippen molar-refractivity contribution >= 4 is 0 Å². The van der Waals surface area contributed by atoms with Crippen molar-refractivity contribution in [2.45, 2.75) is 12.5 Å². The first kappa shape index (κ1) is 15.5. The minimum atomic E-state index is -1.06. The van der Waals surface area contributed by atoms with Gasteiger partial charge in [-0.2, -0.15) is 0 Å². The Bertz CT molecular complexity index is 604. The molecule has 5 heteroatoms. The first-order valence-corrected chi connectivity index (χ1v) is 6.64. The van der Waals surface area contributed by atoms with Gasteiger partial charge in [-0.15, -0.1) is 0 Å². The van der Waals surface area contributed by atoms with Gasteiger partial charge in [0.2, 0.25) is 0 Å². The predicted octanol–water partition coefficient (Wildman–Crippen LogP) is 2.97. The third-order valence-corrected chi connectivity index (χ3v) is 3.14. The molecule has 2 rings (SSSR count). The van der Waals surface area contributed by atoms with Crippen LogP contribution in [0.4, 0.5) is 13.2 Å². The molecular weight excluding hydrogens is 279 g/mol. The van der Waals surface area contributed by atoms with E-state index in [0.717, 1.165) is 17.7 Å². The van der Waals surface area contributed by atoms with Crippen molar-refractivity contribution in [3.05, 3.63) is 71.0 Å². The molecule has 2 aromatic carbocycles. The largest absolute Gasteiger partial charge is 0.387 e. The lowest BCUT2D eigenvalue weighted by molar-refractivity contribution is 0.170. The molecule has 2 N–H and O–H groups in total. The lowest BCUT2D eigenvalue weighted by atomic mass is 10.1. The van der Waals surface area contributed by atoms with Crippen LogP contribution in [0.2, 0.25) is 0 Å². The van der Waals surface area contributed by atoms with Crippen LogP contribution in [0.5, 0.6) is 0 Å². The number of aliphatic hydroxyl groups excluding tert-OH is 1. The van der Waals surface area contributed by atoms with Crippen molar-refractivity contribution in [1.82, 2.24) is 5.32 Å². The van der Waals surface area contributed by atoms with Gasteiger partial charge in [0, 0.05) is 18.2 Å². The van der Waals surface area contributed by atoms with E-state index >= 15 is 0 Å². The van der Waals surface area contributed by atoms with E-state index < -0.39 is 17.7 Å². The highest BCUT2D eigenvalue weighted by atomic mass is 19.1. The first-order chi connectivity index (χ1) is 10.1. The maximum absolute atomic E-state index is 13.4.